The number of carbonyl (C=O) groups is 2. The van der Waals surface area contributed by atoms with Gasteiger partial charge in [-0.3, -0.25) is 14.3 Å². The molecule has 1 N–H and O–H groups in total. The number of para-hydroxylation sites is 1. The first kappa shape index (κ1) is 19.9. The average Bonchev–Trinajstić information content (AvgIpc) is 2.80. The summed E-state index contributed by atoms with van der Waals surface area (Å²) in [6.07, 6.45) is 0.0105. The van der Waals surface area contributed by atoms with E-state index in [-0.39, 0.29) is 17.0 Å². The molecule has 0 fully saturated rings. The van der Waals surface area contributed by atoms with Crippen LogP contribution in [-0.4, -0.2) is 34.0 Å². The molecule has 1 aromatic carbocycles. The molecule has 0 aliphatic rings. The highest BCUT2D eigenvalue weighted by atomic mass is 32.2. The molecule has 0 saturated heterocycles. The van der Waals surface area contributed by atoms with E-state index in [1.165, 1.54) is 12.1 Å². The fourth-order valence-electron chi connectivity index (χ4n) is 2.37. The van der Waals surface area contributed by atoms with Crippen LogP contribution in [0.5, 0.6) is 0 Å². The van der Waals surface area contributed by atoms with Gasteiger partial charge >= 0.3 is 5.97 Å². The van der Waals surface area contributed by atoms with Crippen molar-refractivity contribution in [2.45, 2.75) is 30.9 Å². The number of rotatable bonds is 7. The molecule has 0 unspecified atom stereocenters. The molecule has 0 aliphatic heterocycles. The summed E-state index contributed by atoms with van der Waals surface area (Å²) in [7, 11) is 1.78. The summed E-state index contributed by atoms with van der Waals surface area (Å²) in [6, 6.07) is 6.20. The number of hydrogen-bond acceptors (Lipinski definition) is 5. The molecule has 0 saturated carbocycles. The average molecular weight is 383 g/mol. The van der Waals surface area contributed by atoms with Gasteiger partial charge in [-0.05, 0) is 26.0 Å². The van der Waals surface area contributed by atoms with Crippen molar-refractivity contribution in [2.24, 2.45) is 7.05 Å². The third kappa shape index (κ3) is 5.29. The van der Waals surface area contributed by atoms with Gasteiger partial charge in [0.05, 0.1) is 17.8 Å². The van der Waals surface area contributed by atoms with Crippen LogP contribution in [0.2, 0.25) is 0 Å². The summed E-state index contributed by atoms with van der Waals surface area (Å²) in [5, 5.41) is 6.69. The maximum atomic E-state index is 12.5. The number of amides is 1. The van der Waals surface area contributed by atoms with Gasteiger partial charge in [-0.2, -0.15) is 13.9 Å². The van der Waals surface area contributed by atoms with Crippen molar-refractivity contribution >= 4 is 29.3 Å². The van der Waals surface area contributed by atoms with E-state index in [1.807, 2.05) is 6.92 Å². The zero-order valence-electron chi connectivity index (χ0n) is 14.6. The summed E-state index contributed by atoms with van der Waals surface area (Å²) in [5.41, 5.74) is 2.58. The van der Waals surface area contributed by atoms with Crippen molar-refractivity contribution in [3.8, 4) is 0 Å². The number of anilines is 1. The Morgan fingerprint density at radius 2 is 2.00 bits per heavy atom. The monoisotopic (exact) mass is 383 g/mol. The van der Waals surface area contributed by atoms with Crippen LogP contribution in [0.4, 0.5) is 14.5 Å². The number of benzene rings is 1. The smallest absolute Gasteiger partial charge is 0.310 e. The van der Waals surface area contributed by atoms with E-state index in [1.54, 1.807) is 30.8 Å². The Bertz CT molecular complexity index is 809. The Balaban J connectivity index is 1.90. The summed E-state index contributed by atoms with van der Waals surface area (Å²) < 4.78 is 31.7. The normalized spacial score (nSPS) is 10.8. The number of nitrogens with zero attached hydrogens (tertiary/aromatic N) is 2. The van der Waals surface area contributed by atoms with Gasteiger partial charge in [0, 0.05) is 23.2 Å². The van der Waals surface area contributed by atoms with Gasteiger partial charge in [-0.1, -0.05) is 23.9 Å². The second-order valence-corrected chi connectivity index (χ2v) is 6.57. The minimum Gasteiger partial charge on any atom is -0.455 e. The van der Waals surface area contributed by atoms with Crippen LogP contribution >= 0.6 is 11.8 Å². The zero-order valence-corrected chi connectivity index (χ0v) is 15.4. The minimum atomic E-state index is -2.60. The van der Waals surface area contributed by atoms with Gasteiger partial charge in [-0.15, -0.1) is 0 Å². The largest absolute Gasteiger partial charge is 0.455 e. The molecule has 6 nitrogen and oxygen atoms in total. The molecule has 140 valence electrons. The van der Waals surface area contributed by atoms with E-state index < -0.39 is 24.2 Å². The van der Waals surface area contributed by atoms with E-state index in [4.69, 9.17) is 4.74 Å². The first-order valence-corrected chi connectivity index (χ1v) is 8.64. The van der Waals surface area contributed by atoms with Crippen LogP contribution in [-0.2, 0) is 27.8 Å². The van der Waals surface area contributed by atoms with Crippen molar-refractivity contribution in [3.05, 3.63) is 41.2 Å². The van der Waals surface area contributed by atoms with Crippen molar-refractivity contribution in [3.63, 3.8) is 0 Å². The number of thioether (sulfide) groups is 1. The second kappa shape index (κ2) is 8.79. The third-order valence-electron chi connectivity index (χ3n) is 3.72. The number of nitrogens with one attached hydrogen (secondary N) is 1. The first-order valence-electron chi connectivity index (χ1n) is 7.76. The highest BCUT2D eigenvalue weighted by molar-refractivity contribution is 7.99. The van der Waals surface area contributed by atoms with Crippen molar-refractivity contribution in [1.29, 1.82) is 0 Å². The quantitative estimate of drug-likeness (QED) is 0.588. The predicted octanol–water partition coefficient (Wildman–Crippen LogP) is 3.08. The molecule has 0 atom stereocenters. The maximum Gasteiger partial charge on any atom is 0.310 e. The number of hydrogen-bond donors (Lipinski definition) is 1. The van der Waals surface area contributed by atoms with Crippen LogP contribution in [0.15, 0.2) is 29.2 Å². The molecule has 1 amide bonds. The van der Waals surface area contributed by atoms with E-state index in [9.17, 15) is 18.4 Å². The molecule has 2 rings (SSSR count). The Kier molecular flexibility index (Phi) is 6.73. The molecule has 9 heteroatoms. The summed E-state index contributed by atoms with van der Waals surface area (Å²) in [4.78, 5) is 24.1. The van der Waals surface area contributed by atoms with E-state index >= 15 is 0 Å². The molecule has 0 spiro atoms. The standard InChI is InChI=1S/C17H19F2N3O3S/c1-10-12(11(2)22(3)21-10)8-16(24)25-9-15(23)20-13-6-4-5-7-14(13)26-17(18)19/h4-7,17H,8-9H2,1-3H3,(H,20,23). The van der Waals surface area contributed by atoms with Crippen molar-refractivity contribution in [2.75, 3.05) is 11.9 Å². The second-order valence-electron chi connectivity index (χ2n) is 5.53. The molecule has 1 aromatic heterocycles. The van der Waals surface area contributed by atoms with E-state index in [0.29, 0.717) is 11.8 Å². The predicted molar refractivity (Wildman–Crippen MR) is 94.3 cm³/mol. The van der Waals surface area contributed by atoms with Crippen molar-refractivity contribution < 1.29 is 23.1 Å². The lowest BCUT2D eigenvalue weighted by Gasteiger charge is -2.10. The SMILES string of the molecule is Cc1nn(C)c(C)c1CC(=O)OCC(=O)Nc1ccccc1SC(F)F. The first-order chi connectivity index (χ1) is 12.3. The van der Waals surface area contributed by atoms with Crippen LogP contribution < -0.4 is 5.32 Å². The lowest BCUT2D eigenvalue weighted by Crippen LogP contribution is -2.22. The van der Waals surface area contributed by atoms with Crippen LogP contribution in [0.25, 0.3) is 0 Å². The molecular formula is C17H19F2N3O3S. The van der Waals surface area contributed by atoms with Gasteiger partial charge < -0.3 is 10.1 Å². The molecular weight excluding hydrogens is 364 g/mol. The molecule has 26 heavy (non-hydrogen) atoms. The Morgan fingerprint density at radius 3 is 2.62 bits per heavy atom. The molecule has 2 aromatic rings. The lowest BCUT2D eigenvalue weighted by molar-refractivity contribution is -0.146. The highest BCUT2D eigenvalue weighted by Crippen LogP contribution is 2.31. The van der Waals surface area contributed by atoms with E-state index in [0.717, 1.165) is 17.0 Å². The van der Waals surface area contributed by atoms with Crippen LogP contribution in [0.3, 0.4) is 0 Å². The van der Waals surface area contributed by atoms with Crippen molar-refractivity contribution in [1.82, 2.24) is 9.78 Å². The van der Waals surface area contributed by atoms with Gasteiger partial charge in [0.15, 0.2) is 6.61 Å². The topological polar surface area (TPSA) is 73.2 Å². The maximum absolute atomic E-state index is 12.5. The fraction of sp³-hybridized carbons (Fsp3) is 0.353. The summed E-state index contributed by atoms with van der Waals surface area (Å²) in [6.45, 7) is 3.14. The van der Waals surface area contributed by atoms with Gasteiger partial charge in [0.1, 0.15) is 0 Å². The van der Waals surface area contributed by atoms with Crippen LogP contribution in [0, 0.1) is 13.8 Å². The third-order valence-corrected chi connectivity index (χ3v) is 4.51. The Morgan fingerprint density at radius 1 is 1.31 bits per heavy atom. The van der Waals surface area contributed by atoms with E-state index in [2.05, 4.69) is 10.4 Å². The van der Waals surface area contributed by atoms with Gasteiger partial charge in [0.2, 0.25) is 0 Å². The van der Waals surface area contributed by atoms with Gasteiger partial charge in [-0.25, -0.2) is 0 Å². The molecule has 0 radical (unpaired) electrons. The number of esters is 1. The van der Waals surface area contributed by atoms with Gasteiger partial charge in [0.25, 0.3) is 11.7 Å². The zero-order chi connectivity index (χ0) is 19.3. The molecule has 0 aliphatic carbocycles. The fourth-order valence-corrected chi connectivity index (χ4v) is 2.96. The van der Waals surface area contributed by atoms with Crippen LogP contribution in [0.1, 0.15) is 17.0 Å². The Hall–Kier alpha value is -2.42. The highest BCUT2D eigenvalue weighted by Gasteiger charge is 2.16. The number of ether oxygens (including phenoxy) is 1. The molecule has 0 bridgehead atoms. The number of halogens is 2. The number of alkyl halides is 2. The summed E-state index contributed by atoms with van der Waals surface area (Å²) in [5.74, 6) is -3.76. The number of carbonyl (C=O) groups excluding carboxylic acids is 2. The Labute approximate surface area is 153 Å². The number of aromatic nitrogens is 2. The lowest BCUT2D eigenvalue weighted by atomic mass is 10.1. The molecule has 1 heterocycles. The summed E-state index contributed by atoms with van der Waals surface area (Å²) >= 11 is 0.334. The number of aryl methyl sites for hydroxylation is 2. The minimum absolute atomic E-state index is 0.0105.